The molecule has 2 saturated heterocycles. The number of ether oxygens (including phenoxy) is 2. The minimum atomic E-state index is -1.11. The lowest BCUT2D eigenvalue weighted by Crippen LogP contribution is -2.44. The van der Waals surface area contributed by atoms with Crippen LogP contribution in [-0.2, 0) is 14.3 Å². The molecule has 0 unspecified atom stereocenters. The monoisotopic (exact) mass is 433 g/mol. The summed E-state index contributed by atoms with van der Waals surface area (Å²) in [6.45, 7) is 3.21. The van der Waals surface area contributed by atoms with Gasteiger partial charge in [0.25, 0.3) is 5.91 Å². The lowest BCUT2D eigenvalue weighted by molar-refractivity contribution is -0.138. The van der Waals surface area contributed by atoms with E-state index in [2.05, 4.69) is 5.32 Å². The Morgan fingerprint density at radius 3 is 2.55 bits per heavy atom. The second kappa shape index (κ2) is 10.4. The fraction of sp³-hybridized carbons (Fsp3) is 0.524. The number of urea groups is 1. The number of benzene rings is 1. The highest BCUT2D eigenvalue weighted by Crippen LogP contribution is 2.15. The van der Waals surface area contributed by atoms with Crippen molar-refractivity contribution in [3.05, 3.63) is 29.8 Å². The zero-order valence-corrected chi connectivity index (χ0v) is 17.4. The van der Waals surface area contributed by atoms with Crippen LogP contribution in [0.25, 0.3) is 0 Å². The van der Waals surface area contributed by atoms with E-state index in [1.807, 2.05) is 0 Å². The van der Waals surface area contributed by atoms with Gasteiger partial charge >= 0.3 is 6.03 Å². The third-order valence-electron chi connectivity index (χ3n) is 5.18. The molecular formula is C21H27N3O7. The zero-order chi connectivity index (χ0) is 22.4. The summed E-state index contributed by atoms with van der Waals surface area (Å²) in [6.07, 6.45) is -0.833. The summed E-state index contributed by atoms with van der Waals surface area (Å²) in [6, 6.07) is 4.93. The predicted octanol–water partition coefficient (Wildman–Crippen LogP) is 0.188. The molecule has 2 fully saturated rings. The molecule has 0 radical (unpaired) electrons. The summed E-state index contributed by atoms with van der Waals surface area (Å²) in [5.41, 5.74) is 0.576. The Balaban J connectivity index is 1.47. The number of aliphatic hydroxyl groups excluding tert-OH is 1. The zero-order valence-electron chi connectivity index (χ0n) is 17.4. The Morgan fingerprint density at radius 1 is 1.23 bits per heavy atom. The van der Waals surface area contributed by atoms with Crippen molar-refractivity contribution in [2.24, 2.45) is 0 Å². The Labute approximate surface area is 180 Å². The number of hydrogen-bond acceptors (Lipinski definition) is 7. The van der Waals surface area contributed by atoms with Gasteiger partial charge in [-0.1, -0.05) is 6.92 Å². The molecule has 2 aliphatic heterocycles. The van der Waals surface area contributed by atoms with E-state index in [9.17, 15) is 24.3 Å². The number of ketones is 1. The number of imide groups is 1. The molecule has 1 aromatic rings. The number of carbonyl (C=O) groups excluding carboxylic acids is 4. The van der Waals surface area contributed by atoms with Gasteiger partial charge in [0.1, 0.15) is 24.5 Å². The van der Waals surface area contributed by atoms with Gasteiger partial charge in [0, 0.05) is 25.1 Å². The number of carbonyl (C=O) groups is 4. The van der Waals surface area contributed by atoms with Crippen LogP contribution < -0.4 is 10.1 Å². The Bertz CT molecular complexity index is 821. The summed E-state index contributed by atoms with van der Waals surface area (Å²) in [7, 11) is 0. The molecule has 2 heterocycles. The van der Waals surface area contributed by atoms with E-state index >= 15 is 0 Å². The number of β-amino-alcohol motifs (C(OH)–C–C–N with tert-alkyl or cyclic N) is 1. The summed E-state index contributed by atoms with van der Waals surface area (Å²) in [5.74, 6) is -0.296. The number of hydrogen-bond donors (Lipinski definition) is 2. The van der Waals surface area contributed by atoms with Crippen LogP contribution in [0.5, 0.6) is 5.75 Å². The molecule has 4 amide bonds. The van der Waals surface area contributed by atoms with Crippen LogP contribution >= 0.6 is 0 Å². The first-order valence-electron chi connectivity index (χ1n) is 10.3. The maximum absolute atomic E-state index is 12.5. The van der Waals surface area contributed by atoms with E-state index in [4.69, 9.17) is 9.47 Å². The van der Waals surface area contributed by atoms with Crippen molar-refractivity contribution >= 4 is 23.6 Å². The van der Waals surface area contributed by atoms with Crippen LogP contribution in [0.4, 0.5) is 4.79 Å². The van der Waals surface area contributed by atoms with Crippen LogP contribution in [0.2, 0.25) is 0 Å². The first-order valence-corrected chi connectivity index (χ1v) is 10.3. The van der Waals surface area contributed by atoms with Crippen LogP contribution in [0.1, 0.15) is 30.1 Å². The highest BCUT2D eigenvalue weighted by atomic mass is 16.5. The van der Waals surface area contributed by atoms with Crippen LogP contribution in [0, 0.1) is 0 Å². The molecule has 31 heavy (non-hydrogen) atoms. The quantitative estimate of drug-likeness (QED) is 0.421. The molecule has 0 spiro atoms. The van der Waals surface area contributed by atoms with Crippen LogP contribution in [-0.4, -0.2) is 90.1 Å². The minimum Gasteiger partial charge on any atom is -0.491 e. The highest BCUT2D eigenvalue weighted by Gasteiger charge is 2.40. The Morgan fingerprint density at radius 2 is 1.90 bits per heavy atom. The molecule has 0 aromatic heterocycles. The smallest absolute Gasteiger partial charge is 0.324 e. The van der Waals surface area contributed by atoms with Gasteiger partial charge in [-0.2, -0.15) is 0 Å². The van der Waals surface area contributed by atoms with E-state index in [-0.39, 0.29) is 31.3 Å². The Hall–Kier alpha value is -2.98. The third kappa shape index (κ3) is 5.80. The number of nitrogens with zero attached hydrogens (tertiary/aromatic N) is 2. The average Bonchev–Trinajstić information content (AvgIpc) is 3.05. The number of Topliss-reactive ketones (excluding diaryl/α,β-unsaturated/α-hetero) is 1. The number of rotatable bonds is 9. The highest BCUT2D eigenvalue weighted by molar-refractivity contribution is 6.05. The fourth-order valence-electron chi connectivity index (χ4n) is 3.40. The number of aliphatic hydroxyl groups is 1. The molecule has 1 aromatic carbocycles. The first kappa shape index (κ1) is 22.7. The van der Waals surface area contributed by atoms with Gasteiger partial charge in [0.05, 0.1) is 26.2 Å². The molecule has 0 bridgehead atoms. The SMILES string of the molecule is CCC(=O)c1ccc(OC[C@H](O)CN2C(=O)N[C@@H](CC(=O)N3CCOCC3)C2=O)cc1. The maximum Gasteiger partial charge on any atom is 0.324 e. The van der Waals surface area contributed by atoms with E-state index in [0.29, 0.717) is 44.0 Å². The van der Waals surface area contributed by atoms with Crippen molar-refractivity contribution in [2.45, 2.75) is 31.9 Å². The van der Waals surface area contributed by atoms with Gasteiger partial charge < -0.3 is 24.8 Å². The fourth-order valence-corrected chi connectivity index (χ4v) is 3.40. The van der Waals surface area contributed by atoms with Gasteiger partial charge in [-0.25, -0.2) is 4.79 Å². The molecule has 10 heteroatoms. The van der Waals surface area contributed by atoms with Crippen LogP contribution in [0.3, 0.4) is 0 Å². The molecule has 2 atom stereocenters. The topological polar surface area (TPSA) is 125 Å². The third-order valence-corrected chi connectivity index (χ3v) is 5.18. The van der Waals surface area contributed by atoms with Gasteiger partial charge in [-0.3, -0.25) is 19.3 Å². The van der Waals surface area contributed by atoms with Crippen molar-refractivity contribution in [3.63, 3.8) is 0 Å². The van der Waals surface area contributed by atoms with Crippen molar-refractivity contribution in [3.8, 4) is 5.75 Å². The summed E-state index contributed by atoms with van der Waals surface area (Å²) >= 11 is 0. The van der Waals surface area contributed by atoms with Gasteiger partial charge in [-0.15, -0.1) is 0 Å². The lowest BCUT2D eigenvalue weighted by atomic mass is 10.1. The normalized spacial score (nSPS) is 19.9. The lowest BCUT2D eigenvalue weighted by Gasteiger charge is -2.27. The second-order valence-electron chi connectivity index (χ2n) is 7.41. The summed E-state index contributed by atoms with van der Waals surface area (Å²) < 4.78 is 10.7. The van der Waals surface area contributed by atoms with Crippen molar-refractivity contribution in [1.82, 2.24) is 15.1 Å². The summed E-state index contributed by atoms with van der Waals surface area (Å²) in [5, 5.41) is 12.7. The minimum absolute atomic E-state index is 0.0202. The molecule has 0 aliphatic carbocycles. The van der Waals surface area contributed by atoms with Crippen molar-refractivity contribution < 1.29 is 33.8 Å². The second-order valence-corrected chi connectivity index (χ2v) is 7.41. The predicted molar refractivity (Wildman–Crippen MR) is 109 cm³/mol. The largest absolute Gasteiger partial charge is 0.491 e. The van der Waals surface area contributed by atoms with E-state index in [0.717, 1.165) is 4.90 Å². The van der Waals surface area contributed by atoms with Crippen molar-refractivity contribution in [2.75, 3.05) is 39.5 Å². The maximum atomic E-state index is 12.5. The van der Waals surface area contributed by atoms with E-state index in [1.54, 1.807) is 36.1 Å². The molecule has 168 valence electrons. The number of amides is 4. The average molecular weight is 433 g/mol. The first-order chi connectivity index (χ1) is 14.9. The van der Waals surface area contributed by atoms with E-state index in [1.165, 1.54) is 0 Å². The molecule has 2 aliphatic rings. The van der Waals surface area contributed by atoms with Crippen molar-refractivity contribution in [1.29, 1.82) is 0 Å². The van der Waals surface area contributed by atoms with Gasteiger partial charge in [0.15, 0.2) is 5.78 Å². The molecular weight excluding hydrogens is 406 g/mol. The van der Waals surface area contributed by atoms with Gasteiger partial charge in [-0.05, 0) is 24.3 Å². The van der Waals surface area contributed by atoms with Gasteiger partial charge in [0.2, 0.25) is 5.91 Å². The molecule has 0 saturated carbocycles. The number of morpholine rings is 1. The molecule has 2 N–H and O–H groups in total. The standard InChI is InChI=1S/C21H27N3O7/c1-2-18(26)14-3-5-16(6-4-14)31-13-15(25)12-24-20(28)17(22-21(24)29)11-19(27)23-7-9-30-10-8-23/h3-6,15,17,25H,2,7-13H2,1H3,(H,22,29)/t15-,17+/m1/s1. The molecule has 10 nitrogen and oxygen atoms in total. The molecule has 3 rings (SSSR count). The number of nitrogens with one attached hydrogen (secondary N) is 1. The Kier molecular flexibility index (Phi) is 7.59. The summed E-state index contributed by atoms with van der Waals surface area (Å²) in [4.78, 5) is 51.2. The van der Waals surface area contributed by atoms with E-state index < -0.39 is 24.1 Å². The van der Waals surface area contributed by atoms with Crippen LogP contribution in [0.15, 0.2) is 24.3 Å².